The maximum atomic E-state index is 5.55. The van der Waals surface area contributed by atoms with Gasteiger partial charge in [-0.25, -0.2) is 14.5 Å². The van der Waals surface area contributed by atoms with Crippen molar-refractivity contribution in [1.29, 1.82) is 0 Å². The van der Waals surface area contributed by atoms with E-state index in [1.54, 1.807) is 7.11 Å². The molecule has 3 aromatic rings. The Morgan fingerprint density at radius 1 is 1.25 bits per heavy atom. The average Bonchev–Trinajstić information content (AvgIpc) is 3.49. The van der Waals surface area contributed by atoms with Crippen LogP contribution in [0.15, 0.2) is 24.4 Å². The SMILES string of the molecule is COc1cc2ncc(-c3nc(NC4CCCNC4)ccc3C)n2nc1C1CC1. The minimum Gasteiger partial charge on any atom is -0.495 e. The van der Waals surface area contributed by atoms with Gasteiger partial charge in [-0.1, -0.05) is 6.07 Å². The first-order valence-corrected chi connectivity index (χ1v) is 10.1. The van der Waals surface area contributed by atoms with Crippen LogP contribution in [-0.4, -0.2) is 45.8 Å². The second-order valence-electron chi connectivity index (χ2n) is 7.84. The molecule has 7 heteroatoms. The van der Waals surface area contributed by atoms with Gasteiger partial charge in [0.05, 0.1) is 19.0 Å². The molecule has 3 aromatic heterocycles. The van der Waals surface area contributed by atoms with Gasteiger partial charge >= 0.3 is 0 Å². The van der Waals surface area contributed by atoms with Crippen LogP contribution in [0.2, 0.25) is 0 Å². The van der Waals surface area contributed by atoms with Gasteiger partial charge in [-0.2, -0.15) is 5.10 Å². The molecule has 5 rings (SSSR count). The quantitative estimate of drug-likeness (QED) is 0.710. The van der Waals surface area contributed by atoms with Crippen LogP contribution in [-0.2, 0) is 0 Å². The van der Waals surface area contributed by atoms with Crippen LogP contribution in [0, 0.1) is 6.92 Å². The molecule has 146 valence electrons. The summed E-state index contributed by atoms with van der Waals surface area (Å²) >= 11 is 0. The normalized spacial score (nSPS) is 19.7. The Morgan fingerprint density at radius 3 is 2.89 bits per heavy atom. The minimum atomic E-state index is 0.419. The Kier molecular flexibility index (Phi) is 4.39. The number of rotatable bonds is 5. The van der Waals surface area contributed by atoms with E-state index in [0.717, 1.165) is 52.9 Å². The zero-order valence-corrected chi connectivity index (χ0v) is 16.4. The summed E-state index contributed by atoms with van der Waals surface area (Å²) in [5.41, 5.74) is 4.75. The summed E-state index contributed by atoms with van der Waals surface area (Å²) < 4.78 is 7.46. The highest BCUT2D eigenvalue weighted by Gasteiger charge is 2.30. The van der Waals surface area contributed by atoms with Gasteiger partial charge in [0.25, 0.3) is 0 Å². The Morgan fingerprint density at radius 2 is 2.14 bits per heavy atom. The fraction of sp³-hybridized carbons (Fsp3) is 0.476. The molecule has 28 heavy (non-hydrogen) atoms. The molecule has 2 N–H and O–H groups in total. The number of nitrogens with zero attached hydrogens (tertiary/aromatic N) is 4. The molecule has 2 fully saturated rings. The molecule has 0 bridgehead atoms. The van der Waals surface area contributed by atoms with E-state index in [1.165, 1.54) is 25.7 Å². The summed E-state index contributed by atoms with van der Waals surface area (Å²) in [5, 5.41) is 11.9. The van der Waals surface area contributed by atoms with Gasteiger partial charge in [-0.3, -0.25) is 0 Å². The number of imidazole rings is 1. The Hall–Kier alpha value is -2.67. The molecule has 7 nitrogen and oxygen atoms in total. The highest BCUT2D eigenvalue weighted by atomic mass is 16.5. The Labute approximate surface area is 164 Å². The number of piperidine rings is 1. The van der Waals surface area contributed by atoms with E-state index >= 15 is 0 Å². The first kappa shape index (κ1) is 17.4. The molecule has 4 heterocycles. The smallest absolute Gasteiger partial charge is 0.157 e. The van der Waals surface area contributed by atoms with Crippen molar-refractivity contribution in [3.63, 3.8) is 0 Å². The topological polar surface area (TPSA) is 76.4 Å². The lowest BCUT2D eigenvalue weighted by molar-refractivity contribution is 0.405. The molecule has 1 saturated carbocycles. The lowest BCUT2D eigenvalue weighted by Crippen LogP contribution is -2.38. The first-order chi connectivity index (χ1) is 13.7. The number of aryl methyl sites for hydroxylation is 1. The van der Waals surface area contributed by atoms with Crippen molar-refractivity contribution < 1.29 is 4.74 Å². The zero-order valence-electron chi connectivity index (χ0n) is 16.4. The van der Waals surface area contributed by atoms with Crippen LogP contribution in [0.25, 0.3) is 17.0 Å². The molecular formula is C21H26N6O. The zero-order chi connectivity index (χ0) is 19.1. The number of anilines is 1. The summed E-state index contributed by atoms with van der Waals surface area (Å²) in [6, 6.07) is 6.58. The predicted octanol–water partition coefficient (Wildman–Crippen LogP) is 3.15. The van der Waals surface area contributed by atoms with Crippen molar-refractivity contribution in [2.75, 3.05) is 25.5 Å². The maximum absolute atomic E-state index is 5.55. The van der Waals surface area contributed by atoms with E-state index in [2.05, 4.69) is 34.7 Å². The maximum Gasteiger partial charge on any atom is 0.157 e. The summed E-state index contributed by atoms with van der Waals surface area (Å²) in [7, 11) is 1.70. The third-order valence-electron chi connectivity index (χ3n) is 5.66. The molecular weight excluding hydrogens is 352 g/mol. The molecule has 2 aliphatic rings. The van der Waals surface area contributed by atoms with E-state index in [4.69, 9.17) is 14.8 Å². The van der Waals surface area contributed by atoms with Crippen LogP contribution < -0.4 is 15.4 Å². The predicted molar refractivity (Wildman–Crippen MR) is 109 cm³/mol. The molecule has 0 amide bonds. The number of methoxy groups -OCH3 is 1. The standard InChI is InChI=1S/C21H26N6O/c1-13-5-8-18(24-15-4-3-9-22-11-15)25-20(13)16-12-23-19-10-17(28-2)21(14-6-7-14)26-27(16)19/h5,8,10,12,14-15,22H,3-4,6-7,9,11H2,1-2H3,(H,24,25). The van der Waals surface area contributed by atoms with Gasteiger partial charge in [0, 0.05) is 24.6 Å². The van der Waals surface area contributed by atoms with Gasteiger partial charge in [0.2, 0.25) is 0 Å². The Balaban J connectivity index is 1.53. The van der Waals surface area contributed by atoms with E-state index in [-0.39, 0.29) is 0 Å². The van der Waals surface area contributed by atoms with Gasteiger partial charge < -0.3 is 15.4 Å². The van der Waals surface area contributed by atoms with Crippen LogP contribution in [0.5, 0.6) is 5.75 Å². The van der Waals surface area contributed by atoms with E-state index in [1.807, 2.05) is 16.8 Å². The van der Waals surface area contributed by atoms with Crippen LogP contribution >= 0.6 is 0 Å². The van der Waals surface area contributed by atoms with E-state index < -0.39 is 0 Å². The summed E-state index contributed by atoms with van der Waals surface area (Å²) in [6.45, 7) is 4.16. The molecule has 0 spiro atoms. The van der Waals surface area contributed by atoms with E-state index in [0.29, 0.717) is 12.0 Å². The molecule has 1 atom stereocenters. The molecule has 1 saturated heterocycles. The average molecular weight is 378 g/mol. The van der Waals surface area contributed by atoms with Crippen LogP contribution in [0.3, 0.4) is 0 Å². The third-order valence-corrected chi connectivity index (χ3v) is 5.66. The highest BCUT2D eigenvalue weighted by Crippen LogP contribution is 2.43. The van der Waals surface area contributed by atoms with Gasteiger partial charge in [-0.15, -0.1) is 0 Å². The molecule has 1 aliphatic heterocycles. The lowest BCUT2D eigenvalue weighted by atomic mass is 10.1. The largest absolute Gasteiger partial charge is 0.495 e. The molecule has 0 radical (unpaired) electrons. The number of fused-ring (bicyclic) bond motifs is 1. The second-order valence-corrected chi connectivity index (χ2v) is 7.84. The fourth-order valence-electron chi connectivity index (χ4n) is 3.93. The summed E-state index contributed by atoms with van der Waals surface area (Å²) in [5.74, 6) is 2.23. The lowest BCUT2D eigenvalue weighted by Gasteiger charge is -2.24. The molecule has 1 aliphatic carbocycles. The van der Waals surface area contributed by atoms with E-state index in [9.17, 15) is 0 Å². The summed E-state index contributed by atoms with van der Waals surface area (Å²) in [4.78, 5) is 9.48. The number of hydrogen-bond donors (Lipinski definition) is 2. The molecule has 0 aromatic carbocycles. The number of hydrogen-bond acceptors (Lipinski definition) is 6. The van der Waals surface area contributed by atoms with Gasteiger partial charge in [0.1, 0.15) is 23.0 Å². The van der Waals surface area contributed by atoms with Crippen LogP contribution in [0.1, 0.15) is 42.9 Å². The first-order valence-electron chi connectivity index (χ1n) is 10.1. The number of pyridine rings is 1. The number of nitrogens with one attached hydrogen (secondary N) is 2. The highest BCUT2D eigenvalue weighted by molar-refractivity contribution is 5.65. The minimum absolute atomic E-state index is 0.419. The van der Waals surface area contributed by atoms with Crippen LogP contribution in [0.4, 0.5) is 5.82 Å². The van der Waals surface area contributed by atoms with Crippen molar-refractivity contribution in [2.24, 2.45) is 0 Å². The second kappa shape index (κ2) is 7.05. The Bertz CT molecular complexity index is 1000. The van der Waals surface area contributed by atoms with Crippen molar-refractivity contribution in [3.05, 3.63) is 35.7 Å². The monoisotopic (exact) mass is 378 g/mol. The van der Waals surface area contributed by atoms with Gasteiger partial charge in [0.15, 0.2) is 5.65 Å². The fourth-order valence-corrected chi connectivity index (χ4v) is 3.93. The summed E-state index contributed by atoms with van der Waals surface area (Å²) in [6.07, 6.45) is 6.56. The third kappa shape index (κ3) is 3.20. The number of ether oxygens (including phenoxy) is 1. The van der Waals surface area contributed by atoms with Crippen molar-refractivity contribution in [3.8, 4) is 17.1 Å². The van der Waals surface area contributed by atoms with Crippen molar-refractivity contribution in [1.82, 2.24) is 24.9 Å². The molecule has 1 unspecified atom stereocenters. The number of aromatic nitrogens is 4. The van der Waals surface area contributed by atoms with Crippen molar-refractivity contribution >= 4 is 11.5 Å². The van der Waals surface area contributed by atoms with Crippen molar-refractivity contribution in [2.45, 2.75) is 44.6 Å². The van der Waals surface area contributed by atoms with Gasteiger partial charge in [-0.05, 0) is 50.8 Å².